The van der Waals surface area contributed by atoms with Gasteiger partial charge in [-0.15, -0.1) is 5.10 Å². The molecule has 0 bridgehead atoms. The summed E-state index contributed by atoms with van der Waals surface area (Å²) in [7, 11) is 0. The second-order valence-corrected chi connectivity index (χ2v) is 7.93. The fraction of sp³-hybridized carbons (Fsp3) is 0.524. The molecule has 4 rings (SSSR count). The van der Waals surface area contributed by atoms with Gasteiger partial charge in [0.1, 0.15) is 5.82 Å². The highest BCUT2D eigenvalue weighted by Gasteiger charge is 2.19. The molecule has 0 radical (unpaired) electrons. The first-order valence-corrected chi connectivity index (χ1v) is 10.6. The molecule has 0 aromatic carbocycles. The molecule has 3 N–H and O–H groups in total. The summed E-state index contributed by atoms with van der Waals surface area (Å²) in [4.78, 5) is 15.7. The zero-order valence-electron chi connectivity index (χ0n) is 17.9. The molecule has 1 fully saturated rings. The number of anilines is 2. The van der Waals surface area contributed by atoms with Crippen LogP contribution >= 0.6 is 0 Å². The number of rotatable bonds is 7. The molecule has 0 amide bonds. The van der Waals surface area contributed by atoms with Crippen LogP contribution in [0.5, 0.6) is 6.01 Å². The van der Waals surface area contributed by atoms with E-state index < -0.39 is 0 Å². The van der Waals surface area contributed by atoms with Crippen molar-refractivity contribution >= 4 is 17.3 Å². The van der Waals surface area contributed by atoms with Crippen LogP contribution < -0.4 is 20.7 Å². The van der Waals surface area contributed by atoms with Crippen LogP contribution in [-0.4, -0.2) is 56.8 Å². The number of hydrogen-bond acceptors (Lipinski definition) is 8. The summed E-state index contributed by atoms with van der Waals surface area (Å²) in [6.45, 7) is 9.93. The van der Waals surface area contributed by atoms with Crippen molar-refractivity contribution in [3.63, 3.8) is 0 Å². The van der Waals surface area contributed by atoms with E-state index in [1.807, 2.05) is 6.20 Å². The monoisotopic (exact) mass is 410 g/mol. The number of nitrogens with two attached hydrogens (primary N) is 1. The number of nitrogens with zero attached hydrogens (tertiary/aromatic N) is 6. The minimum absolute atomic E-state index is 0.283. The summed E-state index contributed by atoms with van der Waals surface area (Å²) in [6, 6.07) is 2.94. The number of pyridine rings is 1. The predicted octanol–water partition coefficient (Wildman–Crippen LogP) is 1.98. The number of nitrogen functional groups attached to an aromatic ring is 1. The maximum atomic E-state index is 6.07. The Labute approximate surface area is 176 Å². The Bertz CT molecular complexity index is 1020. The third-order valence-electron chi connectivity index (χ3n) is 5.33. The summed E-state index contributed by atoms with van der Waals surface area (Å²) in [5.74, 6) is 1.38. The van der Waals surface area contributed by atoms with Gasteiger partial charge in [0.15, 0.2) is 11.5 Å². The number of unbranched alkanes of at least 4 members (excludes halogenated alkanes) is 1. The lowest BCUT2D eigenvalue weighted by Gasteiger charge is -2.33. The van der Waals surface area contributed by atoms with Gasteiger partial charge in [0, 0.05) is 38.3 Å². The van der Waals surface area contributed by atoms with Gasteiger partial charge >= 0.3 is 6.01 Å². The summed E-state index contributed by atoms with van der Waals surface area (Å²) >= 11 is 0. The van der Waals surface area contributed by atoms with Crippen molar-refractivity contribution in [1.29, 1.82) is 0 Å². The van der Waals surface area contributed by atoms with Crippen LogP contribution in [0.15, 0.2) is 18.5 Å². The number of nitrogens with one attached hydrogen (secondary N) is 1. The Kier molecular flexibility index (Phi) is 5.98. The lowest BCUT2D eigenvalue weighted by Crippen LogP contribution is -2.49. The van der Waals surface area contributed by atoms with E-state index in [1.165, 1.54) is 5.56 Å². The molecule has 1 atom stereocenters. The van der Waals surface area contributed by atoms with Crippen LogP contribution in [0.1, 0.15) is 43.5 Å². The first-order chi connectivity index (χ1) is 14.5. The molecule has 0 unspecified atom stereocenters. The average Bonchev–Trinajstić information content (AvgIpc) is 3.11. The Morgan fingerprint density at radius 1 is 1.30 bits per heavy atom. The molecule has 0 aliphatic carbocycles. The maximum absolute atomic E-state index is 6.07. The molecule has 1 aliphatic heterocycles. The van der Waals surface area contributed by atoms with Crippen molar-refractivity contribution in [3.8, 4) is 6.01 Å². The van der Waals surface area contributed by atoms with E-state index in [0.29, 0.717) is 30.5 Å². The molecule has 0 saturated carbocycles. The summed E-state index contributed by atoms with van der Waals surface area (Å²) < 4.78 is 7.37. The maximum Gasteiger partial charge on any atom is 0.336 e. The highest BCUT2D eigenvalue weighted by molar-refractivity contribution is 5.60. The third-order valence-corrected chi connectivity index (χ3v) is 5.33. The van der Waals surface area contributed by atoms with Crippen molar-refractivity contribution in [3.05, 3.63) is 35.3 Å². The molecule has 9 heteroatoms. The molecule has 9 nitrogen and oxygen atoms in total. The molecule has 0 spiro atoms. The Morgan fingerprint density at radius 3 is 2.93 bits per heavy atom. The molecule has 30 heavy (non-hydrogen) atoms. The molecule has 1 saturated heterocycles. The Hall–Kier alpha value is -2.94. The van der Waals surface area contributed by atoms with Crippen LogP contribution in [0.3, 0.4) is 0 Å². The normalized spacial score (nSPS) is 16.9. The zero-order chi connectivity index (χ0) is 21.1. The highest BCUT2D eigenvalue weighted by atomic mass is 16.5. The van der Waals surface area contributed by atoms with E-state index in [4.69, 9.17) is 15.5 Å². The van der Waals surface area contributed by atoms with Crippen LogP contribution in [0.4, 0.5) is 11.6 Å². The minimum atomic E-state index is 0.283. The van der Waals surface area contributed by atoms with Gasteiger partial charge in [0.25, 0.3) is 0 Å². The fourth-order valence-corrected chi connectivity index (χ4v) is 3.81. The van der Waals surface area contributed by atoms with E-state index in [1.54, 1.807) is 10.7 Å². The molecule has 4 heterocycles. The Morgan fingerprint density at radius 2 is 2.17 bits per heavy atom. The van der Waals surface area contributed by atoms with E-state index in [-0.39, 0.29) is 6.01 Å². The van der Waals surface area contributed by atoms with Gasteiger partial charge in [-0.25, -0.2) is 14.5 Å². The lowest BCUT2D eigenvalue weighted by atomic mass is 10.1. The number of hydrogen-bond donors (Lipinski definition) is 2. The second-order valence-electron chi connectivity index (χ2n) is 7.93. The number of piperazine rings is 1. The third kappa shape index (κ3) is 4.30. The Balaban J connectivity index is 1.55. The fourth-order valence-electron chi connectivity index (χ4n) is 3.81. The van der Waals surface area contributed by atoms with Crippen molar-refractivity contribution < 1.29 is 4.74 Å². The smallest absolute Gasteiger partial charge is 0.336 e. The van der Waals surface area contributed by atoms with Gasteiger partial charge in [0.05, 0.1) is 18.5 Å². The van der Waals surface area contributed by atoms with Crippen molar-refractivity contribution in [2.75, 3.05) is 36.9 Å². The van der Waals surface area contributed by atoms with Gasteiger partial charge in [-0.2, -0.15) is 4.98 Å². The van der Waals surface area contributed by atoms with Crippen LogP contribution in [0, 0.1) is 6.92 Å². The average molecular weight is 411 g/mol. The van der Waals surface area contributed by atoms with Gasteiger partial charge < -0.3 is 20.7 Å². The van der Waals surface area contributed by atoms with Gasteiger partial charge in [-0.1, -0.05) is 19.4 Å². The SMILES string of the molecule is CCCCOc1nc(N)c2ncc(Cc3cnc(N4CCN[C@H](C)C4)c(C)c3)n2n1. The largest absolute Gasteiger partial charge is 0.462 e. The van der Waals surface area contributed by atoms with E-state index in [9.17, 15) is 0 Å². The standard InChI is InChI=1S/C21H30N8O/c1-4-5-8-30-21-26-18(22)20-25-12-17(29(20)27-21)10-16-9-14(2)19(24-11-16)28-7-6-23-15(3)13-28/h9,11-12,15,23H,4-8,10,13H2,1-3H3,(H2,22,26,27)/t15-/m1/s1. The quantitative estimate of drug-likeness (QED) is 0.570. The number of ether oxygens (including phenoxy) is 1. The second kappa shape index (κ2) is 8.83. The molecule has 160 valence electrons. The summed E-state index contributed by atoms with van der Waals surface area (Å²) in [5.41, 5.74) is 9.81. The number of aromatic nitrogens is 5. The van der Waals surface area contributed by atoms with Gasteiger partial charge in [-0.3, -0.25) is 0 Å². The summed E-state index contributed by atoms with van der Waals surface area (Å²) in [6.07, 6.45) is 6.37. The van der Waals surface area contributed by atoms with E-state index in [2.05, 4.69) is 52.1 Å². The van der Waals surface area contributed by atoms with Crippen LogP contribution in [0.25, 0.3) is 5.65 Å². The van der Waals surface area contributed by atoms with Gasteiger partial charge in [-0.05, 0) is 31.4 Å². The molecular weight excluding hydrogens is 380 g/mol. The van der Waals surface area contributed by atoms with Crippen molar-refractivity contribution in [2.24, 2.45) is 0 Å². The molecular formula is C21H30N8O. The van der Waals surface area contributed by atoms with Crippen molar-refractivity contribution in [2.45, 2.75) is 46.1 Å². The first-order valence-electron chi connectivity index (χ1n) is 10.6. The molecule has 1 aliphatic rings. The predicted molar refractivity (Wildman–Crippen MR) is 117 cm³/mol. The molecule has 3 aromatic heterocycles. The minimum Gasteiger partial charge on any atom is -0.462 e. The van der Waals surface area contributed by atoms with Crippen LogP contribution in [0.2, 0.25) is 0 Å². The van der Waals surface area contributed by atoms with Crippen molar-refractivity contribution in [1.82, 2.24) is 29.9 Å². The number of aryl methyl sites for hydroxylation is 1. The molecule has 3 aromatic rings. The summed E-state index contributed by atoms with van der Waals surface area (Å²) in [5, 5.41) is 7.96. The highest BCUT2D eigenvalue weighted by Crippen LogP contribution is 2.22. The van der Waals surface area contributed by atoms with E-state index in [0.717, 1.165) is 49.6 Å². The number of imidazole rings is 1. The zero-order valence-corrected chi connectivity index (χ0v) is 17.9. The number of fused-ring (bicyclic) bond motifs is 1. The lowest BCUT2D eigenvalue weighted by molar-refractivity contribution is 0.280. The first kappa shape index (κ1) is 20.3. The topological polar surface area (TPSA) is 106 Å². The van der Waals surface area contributed by atoms with Crippen LogP contribution in [-0.2, 0) is 6.42 Å². The van der Waals surface area contributed by atoms with Gasteiger partial charge in [0.2, 0.25) is 0 Å². The van der Waals surface area contributed by atoms with E-state index >= 15 is 0 Å².